The van der Waals surface area contributed by atoms with Crippen molar-refractivity contribution in [3.63, 3.8) is 0 Å². The maximum absolute atomic E-state index is 13.3. The van der Waals surface area contributed by atoms with Crippen LogP contribution in [0.3, 0.4) is 0 Å². The number of hydrogen-bond acceptors (Lipinski definition) is 5. The SMILES string of the molecule is COc1cccc(CN(C)C(=O)CSc2nc3ccccc3c(=O)n2C2CCCCC2)c1. The molecule has 1 saturated carbocycles. The van der Waals surface area contributed by atoms with Gasteiger partial charge in [-0.3, -0.25) is 14.2 Å². The van der Waals surface area contributed by atoms with Gasteiger partial charge in [-0.15, -0.1) is 0 Å². The first kappa shape index (κ1) is 22.4. The summed E-state index contributed by atoms with van der Waals surface area (Å²) in [5.74, 6) is 1.00. The minimum absolute atomic E-state index is 0.00202. The molecule has 0 N–H and O–H groups in total. The van der Waals surface area contributed by atoms with Gasteiger partial charge in [-0.25, -0.2) is 4.98 Å². The van der Waals surface area contributed by atoms with E-state index >= 15 is 0 Å². The summed E-state index contributed by atoms with van der Waals surface area (Å²) < 4.78 is 7.12. The quantitative estimate of drug-likeness (QED) is 0.386. The molecule has 1 heterocycles. The van der Waals surface area contributed by atoms with E-state index in [1.165, 1.54) is 18.2 Å². The van der Waals surface area contributed by atoms with Gasteiger partial charge in [0.2, 0.25) is 5.91 Å². The molecule has 0 atom stereocenters. The van der Waals surface area contributed by atoms with Gasteiger partial charge in [-0.1, -0.05) is 55.3 Å². The van der Waals surface area contributed by atoms with Gasteiger partial charge in [0.15, 0.2) is 5.16 Å². The van der Waals surface area contributed by atoms with E-state index < -0.39 is 0 Å². The Kier molecular flexibility index (Phi) is 7.15. The summed E-state index contributed by atoms with van der Waals surface area (Å²) in [7, 11) is 3.43. The van der Waals surface area contributed by atoms with Crippen molar-refractivity contribution in [3.05, 3.63) is 64.4 Å². The van der Waals surface area contributed by atoms with Crippen LogP contribution in [0.1, 0.15) is 43.7 Å². The number of aromatic nitrogens is 2. The first-order valence-corrected chi connectivity index (χ1v) is 12.1. The Morgan fingerprint density at radius 1 is 1.16 bits per heavy atom. The molecule has 32 heavy (non-hydrogen) atoms. The summed E-state index contributed by atoms with van der Waals surface area (Å²) in [5.41, 5.74) is 1.69. The lowest BCUT2D eigenvalue weighted by molar-refractivity contribution is -0.127. The molecule has 1 fully saturated rings. The number of carbonyl (C=O) groups excluding carboxylic acids is 1. The maximum Gasteiger partial charge on any atom is 0.262 e. The Balaban J connectivity index is 1.53. The van der Waals surface area contributed by atoms with E-state index in [4.69, 9.17) is 9.72 Å². The number of benzene rings is 2. The summed E-state index contributed by atoms with van der Waals surface area (Å²) >= 11 is 1.36. The fraction of sp³-hybridized carbons (Fsp3) is 0.400. The first-order chi connectivity index (χ1) is 15.6. The largest absolute Gasteiger partial charge is 0.497 e. The van der Waals surface area contributed by atoms with Crippen molar-refractivity contribution in [2.24, 2.45) is 0 Å². The molecule has 0 unspecified atom stereocenters. The van der Waals surface area contributed by atoms with Crippen molar-refractivity contribution in [1.29, 1.82) is 0 Å². The van der Waals surface area contributed by atoms with Crippen LogP contribution in [0.15, 0.2) is 58.5 Å². The van der Waals surface area contributed by atoms with Crippen LogP contribution >= 0.6 is 11.8 Å². The number of nitrogens with zero attached hydrogens (tertiary/aromatic N) is 3. The van der Waals surface area contributed by atoms with Gasteiger partial charge in [-0.05, 0) is 42.7 Å². The van der Waals surface area contributed by atoms with Crippen molar-refractivity contribution in [3.8, 4) is 5.75 Å². The summed E-state index contributed by atoms with van der Waals surface area (Å²) in [6.07, 6.45) is 5.42. The number of amides is 1. The highest BCUT2D eigenvalue weighted by atomic mass is 32.2. The Morgan fingerprint density at radius 3 is 2.72 bits per heavy atom. The molecule has 4 rings (SSSR count). The standard InChI is InChI=1S/C25H29N3O3S/c1-27(16-18-9-8-12-20(15-18)31-2)23(29)17-32-25-26-22-14-7-6-13-21(22)24(30)28(25)19-10-4-3-5-11-19/h6-9,12-15,19H,3-5,10-11,16-17H2,1-2H3. The highest BCUT2D eigenvalue weighted by Crippen LogP contribution is 2.31. The number of fused-ring (bicyclic) bond motifs is 1. The van der Waals surface area contributed by atoms with Crippen LogP contribution in [0.5, 0.6) is 5.75 Å². The Hall–Kier alpha value is -2.80. The zero-order valence-electron chi connectivity index (χ0n) is 18.6. The normalized spacial score (nSPS) is 14.4. The lowest BCUT2D eigenvalue weighted by Crippen LogP contribution is -2.30. The Bertz CT molecular complexity index is 1150. The van der Waals surface area contributed by atoms with Crippen LogP contribution in [0, 0.1) is 0 Å². The van der Waals surface area contributed by atoms with Gasteiger partial charge in [0.25, 0.3) is 5.56 Å². The number of hydrogen-bond donors (Lipinski definition) is 0. The second kappa shape index (κ2) is 10.2. The molecule has 2 aromatic carbocycles. The Labute approximate surface area is 192 Å². The molecular weight excluding hydrogens is 422 g/mol. The minimum Gasteiger partial charge on any atom is -0.497 e. The predicted molar refractivity (Wildman–Crippen MR) is 128 cm³/mol. The topological polar surface area (TPSA) is 64.4 Å². The molecule has 1 amide bonds. The summed E-state index contributed by atoms with van der Waals surface area (Å²) in [6.45, 7) is 0.497. The molecule has 168 valence electrons. The van der Waals surface area contributed by atoms with E-state index in [0.717, 1.165) is 37.0 Å². The summed E-state index contributed by atoms with van der Waals surface area (Å²) in [6, 6.07) is 15.3. The van der Waals surface area contributed by atoms with Gasteiger partial charge in [0, 0.05) is 19.6 Å². The number of thioether (sulfide) groups is 1. The van der Waals surface area contributed by atoms with Crippen LogP contribution < -0.4 is 10.3 Å². The molecule has 1 aliphatic rings. The molecule has 0 saturated heterocycles. The van der Waals surface area contributed by atoms with E-state index in [2.05, 4.69) is 0 Å². The molecule has 1 aromatic heterocycles. The number of rotatable bonds is 7. The third-order valence-corrected chi connectivity index (χ3v) is 6.96. The van der Waals surface area contributed by atoms with Gasteiger partial charge in [-0.2, -0.15) is 0 Å². The number of para-hydroxylation sites is 1. The van der Waals surface area contributed by atoms with Crippen LogP contribution in [0.25, 0.3) is 10.9 Å². The molecular formula is C25H29N3O3S. The van der Waals surface area contributed by atoms with Crippen molar-refractivity contribution < 1.29 is 9.53 Å². The van der Waals surface area contributed by atoms with Crippen LogP contribution in [-0.4, -0.2) is 40.3 Å². The van der Waals surface area contributed by atoms with E-state index in [1.807, 2.05) is 53.1 Å². The van der Waals surface area contributed by atoms with Crippen LogP contribution in [0.4, 0.5) is 0 Å². The highest BCUT2D eigenvalue weighted by Gasteiger charge is 2.22. The van der Waals surface area contributed by atoms with Gasteiger partial charge < -0.3 is 9.64 Å². The predicted octanol–water partition coefficient (Wildman–Crippen LogP) is 4.66. The second-order valence-electron chi connectivity index (χ2n) is 8.27. The number of methoxy groups -OCH3 is 1. The van der Waals surface area contributed by atoms with Crippen LogP contribution in [-0.2, 0) is 11.3 Å². The molecule has 0 radical (unpaired) electrons. The van der Waals surface area contributed by atoms with Crippen molar-refractivity contribution in [2.75, 3.05) is 19.9 Å². The molecule has 0 spiro atoms. The molecule has 7 heteroatoms. The van der Waals surface area contributed by atoms with Gasteiger partial charge >= 0.3 is 0 Å². The van der Waals surface area contributed by atoms with Crippen molar-refractivity contribution in [1.82, 2.24) is 14.5 Å². The summed E-state index contributed by atoms with van der Waals surface area (Å²) in [5, 5.41) is 1.28. The maximum atomic E-state index is 13.3. The van der Waals surface area contributed by atoms with E-state index in [0.29, 0.717) is 22.6 Å². The number of carbonyl (C=O) groups is 1. The monoisotopic (exact) mass is 451 g/mol. The Morgan fingerprint density at radius 2 is 1.94 bits per heavy atom. The third-order valence-electron chi connectivity index (χ3n) is 6.02. The number of ether oxygens (including phenoxy) is 1. The fourth-order valence-corrected chi connectivity index (χ4v) is 5.26. The van der Waals surface area contributed by atoms with E-state index in [9.17, 15) is 9.59 Å². The smallest absolute Gasteiger partial charge is 0.262 e. The highest BCUT2D eigenvalue weighted by molar-refractivity contribution is 7.99. The average molecular weight is 452 g/mol. The van der Waals surface area contributed by atoms with Gasteiger partial charge in [0.1, 0.15) is 5.75 Å². The lowest BCUT2D eigenvalue weighted by Gasteiger charge is -2.26. The molecule has 6 nitrogen and oxygen atoms in total. The molecule has 3 aromatic rings. The molecule has 0 aliphatic heterocycles. The third kappa shape index (κ3) is 4.99. The summed E-state index contributed by atoms with van der Waals surface area (Å²) in [4.78, 5) is 32.7. The molecule has 1 aliphatic carbocycles. The van der Waals surface area contributed by atoms with Crippen molar-refractivity contribution >= 4 is 28.6 Å². The van der Waals surface area contributed by atoms with Gasteiger partial charge in [0.05, 0.1) is 23.8 Å². The minimum atomic E-state index is -0.00424. The molecule has 0 bridgehead atoms. The lowest BCUT2D eigenvalue weighted by atomic mass is 9.95. The average Bonchev–Trinajstić information content (AvgIpc) is 2.83. The first-order valence-electron chi connectivity index (χ1n) is 11.1. The second-order valence-corrected chi connectivity index (χ2v) is 9.21. The zero-order chi connectivity index (χ0) is 22.5. The van der Waals surface area contributed by atoms with Crippen molar-refractivity contribution in [2.45, 2.75) is 49.8 Å². The van der Waals surface area contributed by atoms with E-state index in [-0.39, 0.29) is 23.3 Å². The zero-order valence-corrected chi connectivity index (χ0v) is 19.4. The fourth-order valence-electron chi connectivity index (χ4n) is 4.26. The van der Waals surface area contributed by atoms with E-state index in [1.54, 1.807) is 19.1 Å². The van der Waals surface area contributed by atoms with Crippen LogP contribution in [0.2, 0.25) is 0 Å².